The van der Waals surface area contributed by atoms with Crippen LogP contribution in [-0.4, -0.2) is 23.1 Å². The second-order valence-corrected chi connectivity index (χ2v) is 1.97. The van der Waals surface area contributed by atoms with Crippen LogP contribution in [0.4, 0.5) is 0 Å². The summed E-state index contributed by atoms with van der Waals surface area (Å²) in [6, 6.07) is 0. The van der Waals surface area contributed by atoms with Gasteiger partial charge in [0.15, 0.2) is 5.84 Å². The molecule has 0 fully saturated rings. The number of carbonyl (C=O) groups is 1. The van der Waals surface area contributed by atoms with Gasteiger partial charge in [0.2, 0.25) is 0 Å². The van der Waals surface area contributed by atoms with Crippen molar-refractivity contribution in [1.29, 1.82) is 0 Å². The zero-order valence-corrected chi connectivity index (χ0v) is 6.86. The van der Waals surface area contributed by atoms with E-state index in [2.05, 4.69) is 10.1 Å². The van der Waals surface area contributed by atoms with Crippen molar-refractivity contribution in [2.24, 2.45) is 21.9 Å². The number of carboxylic acids is 1. The van der Waals surface area contributed by atoms with Crippen molar-refractivity contribution >= 4 is 30.4 Å². The largest absolute Gasteiger partial charge is 0.480 e. The van der Waals surface area contributed by atoms with Crippen molar-refractivity contribution in [3.8, 4) is 0 Å². The molecule has 0 aromatic carbocycles. The van der Waals surface area contributed by atoms with Gasteiger partial charge in [0.25, 0.3) is 0 Å². The summed E-state index contributed by atoms with van der Waals surface area (Å²) in [6.07, 6.45) is 4.47. The number of rotatable bonds is 1. The number of hydrazone groups is 1. The Balaban J connectivity index is 0.00000121. The van der Waals surface area contributed by atoms with Gasteiger partial charge in [-0.1, -0.05) is 6.08 Å². The molecular formula is C6H8ClN3O2. The highest BCUT2D eigenvalue weighted by atomic mass is 35.5. The highest BCUT2D eigenvalue weighted by Gasteiger charge is 2.21. The normalized spacial score (nSPS) is 23.7. The van der Waals surface area contributed by atoms with Crippen LogP contribution in [-0.2, 0) is 4.79 Å². The first kappa shape index (κ1) is 10.6. The summed E-state index contributed by atoms with van der Waals surface area (Å²) in [6.45, 7) is 0. The monoisotopic (exact) mass is 189 g/mol. The van der Waals surface area contributed by atoms with Crippen LogP contribution in [0.1, 0.15) is 0 Å². The van der Waals surface area contributed by atoms with Crippen LogP contribution in [0.3, 0.4) is 0 Å². The van der Waals surface area contributed by atoms with Crippen LogP contribution in [0.5, 0.6) is 0 Å². The quantitative estimate of drug-likeness (QED) is 0.450. The van der Waals surface area contributed by atoms with Crippen LogP contribution in [0, 0.1) is 5.92 Å². The van der Waals surface area contributed by atoms with Gasteiger partial charge >= 0.3 is 5.97 Å². The first-order valence-corrected chi connectivity index (χ1v) is 2.97. The number of amidine groups is 1. The molecule has 3 N–H and O–H groups in total. The van der Waals surface area contributed by atoms with Gasteiger partial charge in [0, 0.05) is 6.21 Å². The number of nitrogens with two attached hydrogens (primary N) is 1. The smallest absolute Gasteiger partial charge is 0.318 e. The summed E-state index contributed by atoms with van der Waals surface area (Å²) in [5.74, 6) is 3.23. The highest BCUT2D eigenvalue weighted by molar-refractivity contribution is 6.08. The minimum atomic E-state index is -0.998. The van der Waals surface area contributed by atoms with Gasteiger partial charge in [-0.15, -0.1) is 12.4 Å². The summed E-state index contributed by atoms with van der Waals surface area (Å²) in [7, 11) is 0. The molecule has 0 aromatic rings. The predicted octanol–water partition coefficient (Wildman–Crippen LogP) is 0.0218. The van der Waals surface area contributed by atoms with E-state index in [-0.39, 0.29) is 18.2 Å². The van der Waals surface area contributed by atoms with Crippen molar-refractivity contribution in [3.63, 3.8) is 0 Å². The fourth-order valence-electron chi connectivity index (χ4n) is 0.753. The van der Waals surface area contributed by atoms with E-state index in [1.165, 1.54) is 12.3 Å². The molecule has 66 valence electrons. The van der Waals surface area contributed by atoms with E-state index in [0.717, 1.165) is 0 Å². The molecule has 0 radical (unpaired) electrons. The molecular weight excluding hydrogens is 182 g/mol. The Hall–Kier alpha value is -1.36. The molecule has 0 saturated carbocycles. The van der Waals surface area contributed by atoms with Gasteiger partial charge in [-0.25, -0.2) is 4.99 Å². The number of hydrogen-bond acceptors (Lipinski definition) is 3. The van der Waals surface area contributed by atoms with Crippen molar-refractivity contribution in [3.05, 3.63) is 12.2 Å². The molecule has 0 saturated heterocycles. The van der Waals surface area contributed by atoms with Crippen LogP contribution >= 0.6 is 12.4 Å². The first-order valence-electron chi connectivity index (χ1n) is 2.97. The Bertz CT molecular complexity index is 260. The average molecular weight is 190 g/mol. The van der Waals surface area contributed by atoms with Crippen LogP contribution in [0.15, 0.2) is 22.2 Å². The molecule has 5 nitrogen and oxygen atoms in total. The van der Waals surface area contributed by atoms with Crippen LogP contribution in [0.2, 0.25) is 0 Å². The van der Waals surface area contributed by atoms with E-state index in [4.69, 9.17) is 10.9 Å². The molecule has 1 heterocycles. The standard InChI is InChI=1S/C6H7N3O2.ClH/c7-9-5-4(6(10)11)2-1-3-8-5;/h1-4H,7H2,(H,10,11);1H/b9-5-;. The van der Waals surface area contributed by atoms with E-state index < -0.39 is 11.9 Å². The molecule has 1 unspecified atom stereocenters. The summed E-state index contributed by atoms with van der Waals surface area (Å²) in [4.78, 5) is 14.1. The third-order valence-electron chi connectivity index (χ3n) is 1.27. The lowest BCUT2D eigenvalue weighted by Gasteiger charge is -2.07. The minimum Gasteiger partial charge on any atom is -0.480 e. The van der Waals surface area contributed by atoms with E-state index in [1.54, 1.807) is 6.08 Å². The van der Waals surface area contributed by atoms with E-state index in [0.29, 0.717) is 0 Å². The molecule has 1 atom stereocenters. The van der Waals surface area contributed by atoms with Crippen molar-refractivity contribution in [2.75, 3.05) is 0 Å². The lowest BCUT2D eigenvalue weighted by molar-refractivity contribution is -0.138. The summed E-state index contributed by atoms with van der Waals surface area (Å²) in [5.41, 5.74) is 0. The van der Waals surface area contributed by atoms with Gasteiger partial charge in [0.1, 0.15) is 5.92 Å². The van der Waals surface area contributed by atoms with Crippen LogP contribution in [0.25, 0.3) is 0 Å². The fraction of sp³-hybridized carbons (Fsp3) is 0.167. The number of halogens is 1. The number of dihydropyridines is 1. The zero-order chi connectivity index (χ0) is 8.27. The van der Waals surface area contributed by atoms with Crippen molar-refractivity contribution in [1.82, 2.24) is 0 Å². The summed E-state index contributed by atoms with van der Waals surface area (Å²) < 4.78 is 0. The first-order chi connectivity index (χ1) is 5.25. The van der Waals surface area contributed by atoms with E-state index >= 15 is 0 Å². The van der Waals surface area contributed by atoms with E-state index in [1.807, 2.05) is 0 Å². The maximum Gasteiger partial charge on any atom is 0.318 e. The molecule has 0 spiro atoms. The summed E-state index contributed by atoms with van der Waals surface area (Å²) >= 11 is 0. The maximum absolute atomic E-state index is 10.5. The van der Waals surface area contributed by atoms with Gasteiger partial charge < -0.3 is 10.9 Å². The van der Waals surface area contributed by atoms with Crippen molar-refractivity contribution in [2.45, 2.75) is 0 Å². The molecule has 1 aliphatic heterocycles. The lowest BCUT2D eigenvalue weighted by atomic mass is 10.1. The van der Waals surface area contributed by atoms with E-state index in [9.17, 15) is 4.79 Å². The molecule has 0 amide bonds. The second kappa shape index (κ2) is 4.50. The Labute approximate surface area is 75.1 Å². The molecule has 0 aromatic heterocycles. The molecule has 0 aliphatic carbocycles. The zero-order valence-electron chi connectivity index (χ0n) is 6.04. The predicted molar refractivity (Wildman–Crippen MR) is 47.6 cm³/mol. The third kappa shape index (κ3) is 2.06. The number of carboxylic acid groups (broad SMARTS) is 1. The Morgan fingerprint density at radius 3 is 2.83 bits per heavy atom. The summed E-state index contributed by atoms with van der Waals surface area (Å²) in [5, 5.41) is 11.8. The highest BCUT2D eigenvalue weighted by Crippen LogP contribution is 2.06. The molecule has 12 heavy (non-hydrogen) atoms. The number of allylic oxidation sites excluding steroid dienone is 1. The molecule has 0 bridgehead atoms. The lowest BCUT2D eigenvalue weighted by Crippen LogP contribution is -2.23. The molecule has 6 heteroatoms. The number of hydrogen-bond donors (Lipinski definition) is 2. The van der Waals surface area contributed by atoms with Gasteiger partial charge in [-0.2, -0.15) is 5.10 Å². The van der Waals surface area contributed by atoms with Gasteiger partial charge in [-0.05, 0) is 6.08 Å². The van der Waals surface area contributed by atoms with Gasteiger partial charge in [-0.3, -0.25) is 4.79 Å². The fourth-order valence-corrected chi connectivity index (χ4v) is 0.753. The maximum atomic E-state index is 10.5. The number of aliphatic imine (C=N–C) groups is 1. The van der Waals surface area contributed by atoms with Crippen LogP contribution < -0.4 is 5.84 Å². The van der Waals surface area contributed by atoms with Gasteiger partial charge in [0.05, 0.1) is 0 Å². The Morgan fingerprint density at radius 1 is 1.75 bits per heavy atom. The van der Waals surface area contributed by atoms with Crippen molar-refractivity contribution < 1.29 is 9.90 Å². The average Bonchev–Trinajstić information content (AvgIpc) is 2.04. The SMILES string of the molecule is Cl.N/N=C1\N=CC=CC1C(=O)O. The number of nitrogens with zero attached hydrogens (tertiary/aromatic N) is 2. The molecule has 1 rings (SSSR count). The third-order valence-corrected chi connectivity index (χ3v) is 1.27. The topological polar surface area (TPSA) is 88.0 Å². The number of aliphatic carboxylic acids is 1. The Kier molecular flexibility index (Phi) is 3.99. The second-order valence-electron chi connectivity index (χ2n) is 1.97. The molecule has 1 aliphatic rings. The minimum absolute atomic E-state index is 0. The Morgan fingerprint density at radius 2 is 2.42 bits per heavy atom.